The van der Waals surface area contributed by atoms with Crippen LogP contribution in [0.1, 0.15) is 16.7 Å². The molecule has 0 unspecified atom stereocenters. The van der Waals surface area contributed by atoms with Gasteiger partial charge in [-0.3, -0.25) is 9.10 Å². The number of carbonyl (C=O) groups excluding carboxylic acids is 1. The zero-order valence-corrected chi connectivity index (χ0v) is 17.2. The van der Waals surface area contributed by atoms with Gasteiger partial charge in [0.1, 0.15) is 12.3 Å². The number of likely N-dealkylation sites (N-methyl/N-ethyl adjacent to an activating group) is 1. The molecule has 6 nitrogen and oxygen atoms in total. The van der Waals surface area contributed by atoms with Crippen LogP contribution in [0.4, 0.5) is 5.69 Å². The van der Waals surface area contributed by atoms with Crippen molar-refractivity contribution in [3.05, 3.63) is 59.2 Å². The number of ether oxygens (including phenoxy) is 1. The highest BCUT2D eigenvalue weighted by Gasteiger charge is 2.24. The van der Waals surface area contributed by atoms with Gasteiger partial charge in [-0.25, -0.2) is 8.42 Å². The molecule has 0 atom stereocenters. The highest BCUT2D eigenvalue weighted by atomic mass is 32.2. The van der Waals surface area contributed by atoms with Gasteiger partial charge in [0.15, 0.2) is 0 Å². The highest BCUT2D eigenvalue weighted by molar-refractivity contribution is 7.92. The summed E-state index contributed by atoms with van der Waals surface area (Å²) in [6.07, 6.45) is 1.11. The summed E-state index contributed by atoms with van der Waals surface area (Å²) in [4.78, 5) is 14.2. The summed E-state index contributed by atoms with van der Waals surface area (Å²) in [7, 11) is -0.381. The zero-order valence-electron chi connectivity index (χ0n) is 16.4. The molecule has 2 aromatic carbocycles. The first-order chi connectivity index (χ1) is 12.6. The minimum atomic E-state index is -3.61. The van der Waals surface area contributed by atoms with Gasteiger partial charge in [0.25, 0.3) is 0 Å². The number of methoxy groups -OCH3 is 1. The second-order valence-electron chi connectivity index (χ2n) is 6.62. The molecule has 0 radical (unpaired) electrons. The molecular weight excluding hydrogens is 364 g/mol. The van der Waals surface area contributed by atoms with Gasteiger partial charge >= 0.3 is 0 Å². The fraction of sp³-hybridized carbons (Fsp3) is 0.350. The van der Waals surface area contributed by atoms with Crippen LogP contribution in [-0.4, -0.2) is 46.2 Å². The van der Waals surface area contributed by atoms with E-state index in [1.165, 1.54) is 4.90 Å². The summed E-state index contributed by atoms with van der Waals surface area (Å²) < 4.78 is 31.1. The molecule has 0 saturated heterocycles. The predicted octanol–water partition coefficient (Wildman–Crippen LogP) is 2.74. The van der Waals surface area contributed by atoms with Crippen molar-refractivity contribution < 1.29 is 17.9 Å². The number of sulfonamides is 1. The molecule has 146 valence electrons. The fourth-order valence-electron chi connectivity index (χ4n) is 2.89. The van der Waals surface area contributed by atoms with Crippen LogP contribution in [0.5, 0.6) is 5.75 Å². The molecule has 27 heavy (non-hydrogen) atoms. The molecule has 2 rings (SSSR count). The van der Waals surface area contributed by atoms with E-state index in [2.05, 4.69) is 0 Å². The lowest BCUT2D eigenvalue weighted by atomic mass is 10.1. The quantitative estimate of drug-likeness (QED) is 0.729. The van der Waals surface area contributed by atoms with E-state index < -0.39 is 10.0 Å². The van der Waals surface area contributed by atoms with E-state index >= 15 is 0 Å². The van der Waals surface area contributed by atoms with E-state index in [0.717, 1.165) is 27.3 Å². The predicted molar refractivity (Wildman–Crippen MR) is 108 cm³/mol. The molecule has 0 bridgehead atoms. The van der Waals surface area contributed by atoms with Gasteiger partial charge in [0, 0.05) is 19.2 Å². The van der Waals surface area contributed by atoms with Gasteiger partial charge in [0.05, 0.1) is 19.1 Å². The van der Waals surface area contributed by atoms with Crippen LogP contribution in [0.15, 0.2) is 42.5 Å². The Bertz CT molecular complexity index is 925. The number of aryl methyl sites for hydroxylation is 2. The number of para-hydroxylation sites is 1. The summed E-state index contributed by atoms with van der Waals surface area (Å²) in [5.41, 5.74) is 3.21. The van der Waals surface area contributed by atoms with Crippen molar-refractivity contribution in [2.75, 3.05) is 31.3 Å². The molecule has 7 heteroatoms. The molecule has 1 amide bonds. The van der Waals surface area contributed by atoms with Crippen molar-refractivity contribution in [2.24, 2.45) is 0 Å². The average molecular weight is 391 g/mol. The molecule has 0 spiro atoms. The standard InChI is InChI=1S/C20H26N2O4S/c1-15-10-11-18(16(2)12-15)22(27(5,24)25)14-20(23)21(3)13-17-8-6-7-9-19(17)26-4/h6-12H,13-14H2,1-5H3. The van der Waals surface area contributed by atoms with Gasteiger partial charge in [-0.2, -0.15) is 0 Å². The van der Waals surface area contributed by atoms with Crippen LogP contribution in [0, 0.1) is 13.8 Å². The van der Waals surface area contributed by atoms with E-state index in [0.29, 0.717) is 18.0 Å². The Morgan fingerprint density at radius 1 is 1.11 bits per heavy atom. The SMILES string of the molecule is COc1ccccc1CN(C)C(=O)CN(c1ccc(C)cc1C)S(C)(=O)=O. The largest absolute Gasteiger partial charge is 0.496 e. The molecule has 2 aromatic rings. The minimum absolute atomic E-state index is 0.256. The maximum atomic E-state index is 12.7. The van der Waals surface area contributed by atoms with Crippen molar-refractivity contribution in [3.63, 3.8) is 0 Å². The molecule has 0 saturated carbocycles. The fourth-order valence-corrected chi connectivity index (χ4v) is 3.79. The third kappa shape index (κ3) is 5.23. The lowest BCUT2D eigenvalue weighted by molar-refractivity contribution is -0.128. The van der Waals surface area contributed by atoms with E-state index in [1.54, 1.807) is 20.2 Å². The zero-order chi connectivity index (χ0) is 20.2. The molecule has 0 aromatic heterocycles. The van der Waals surface area contributed by atoms with Gasteiger partial charge in [-0.05, 0) is 31.5 Å². The van der Waals surface area contributed by atoms with Crippen molar-refractivity contribution in [2.45, 2.75) is 20.4 Å². The molecular formula is C20H26N2O4S. The van der Waals surface area contributed by atoms with Crippen molar-refractivity contribution >= 4 is 21.6 Å². The third-order valence-electron chi connectivity index (χ3n) is 4.33. The number of amides is 1. The Balaban J connectivity index is 2.23. The molecule has 0 N–H and O–H groups in total. The van der Waals surface area contributed by atoms with Crippen LogP contribution in [0.3, 0.4) is 0 Å². The van der Waals surface area contributed by atoms with Crippen LogP contribution < -0.4 is 9.04 Å². The number of anilines is 1. The number of hydrogen-bond acceptors (Lipinski definition) is 4. The van der Waals surface area contributed by atoms with Crippen molar-refractivity contribution in [3.8, 4) is 5.75 Å². The number of hydrogen-bond donors (Lipinski definition) is 0. The van der Waals surface area contributed by atoms with E-state index in [4.69, 9.17) is 4.74 Å². The van der Waals surface area contributed by atoms with E-state index in [9.17, 15) is 13.2 Å². The number of benzene rings is 2. The molecule has 0 aliphatic heterocycles. The van der Waals surface area contributed by atoms with Gasteiger partial charge in [-0.15, -0.1) is 0 Å². The second-order valence-corrected chi connectivity index (χ2v) is 8.53. The molecule has 0 aliphatic rings. The summed E-state index contributed by atoms with van der Waals surface area (Å²) in [5, 5.41) is 0. The topological polar surface area (TPSA) is 66.9 Å². The monoisotopic (exact) mass is 390 g/mol. The summed E-state index contributed by atoms with van der Waals surface area (Å²) in [6.45, 7) is 3.85. The Labute approximate surface area is 161 Å². The van der Waals surface area contributed by atoms with Crippen molar-refractivity contribution in [1.82, 2.24) is 4.90 Å². The Kier molecular flexibility index (Phi) is 6.49. The molecule has 0 heterocycles. The lowest BCUT2D eigenvalue weighted by Crippen LogP contribution is -2.41. The second kappa shape index (κ2) is 8.43. The Morgan fingerprint density at radius 2 is 1.78 bits per heavy atom. The van der Waals surface area contributed by atoms with Crippen LogP contribution in [0.2, 0.25) is 0 Å². The van der Waals surface area contributed by atoms with Gasteiger partial charge < -0.3 is 9.64 Å². The number of nitrogens with zero attached hydrogens (tertiary/aromatic N) is 2. The van der Waals surface area contributed by atoms with E-state index in [-0.39, 0.29) is 12.5 Å². The third-order valence-corrected chi connectivity index (χ3v) is 5.45. The van der Waals surface area contributed by atoms with E-state index in [1.807, 2.05) is 50.2 Å². The normalized spacial score (nSPS) is 11.1. The van der Waals surface area contributed by atoms with Gasteiger partial charge in [-0.1, -0.05) is 35.9 Å². The summed E-state index contributed by atoms with van der Waals surface area (Å²) in [6, 6.07) is 12.9. The first kappa shape index (κ1) is 20.8. The maximum Gasteiger partial charge on any atom is 0.243 e. The van der Waals surface area contributed by atoms with Crippen LogP contribution in [0.25, 0.3) is 0 Å². The number of carbonyl (C=O) groups is 1. The average Bonchev–Trinajstić information content (AvgIpc) is 2.59. The summed E-state index contributed by atoms with van der Waals surface area (Å²) in [5.74, 6) is 0.387. The van der Waals surface area contributed by atoms with Gasteiger partial charge in [0.2, 0.25) is 15.9 Å². The summed E-state index contributed by atoms with van der Waals surface area (Å²) >= 11 is 0. The smallest absolute Gasteiger partial charge is 0.243 e. The number of rotatable bonds is 7. The maximum absolute atomic E-state index is 12.7. The van der Waals surface area contributed by atoms with Crippen molar-refractivity contribution in [1.29, 1.82) is 0 Å². The molecule has 0 aliphatic carbocycles. The minimum Gasteiger partial charge on any atom is -0.496 e. The lowest BCUT2D eigenvalue weighted by Gasteiger charge is -2.27. The molecule has 0 fully saturated rings. The Morgan fingerprint density at radius 3 is 2.37 bits per heavy atom. The first-order valence-electron chi connectivity index (χ1n) is 8.54. The van der Waals surface area contributed by atoms with Crippen LogP contribution in [-0.2, 0) is 21.4 Å². The van der Waals surface area contributed by atoms with Crippen LogP contribution >= 0.6 is 0 Å². The highest BCUT2D eigenvalue weighted by Crippen LogP contribution is 2.24. The Hall–Kier alpha value is -2.54. The first-order valence-corrected chi connectivity index (χ1v) is 10.4.